The summed E-state index contributed by atoms with van der Waals surface area (Å²) in [6.45, 7) is 4.18. The molecule has 2 heterocycles. The molecule has 5 rings (SSSR count). The van der Waals surface area contributed by atoms with Crippen molar-refractivity contribution in [3.8, 4) is 0 Å². The predicted molar refractivity (Wildman–Crippen MR) is 132 cm³/mol. The molecule has 168 valence electrons. The van der Waals surface area contributed by atoms with Crippen molar-refractivity contribution < 1.29 is 4.79 Å². The number of rotatable bonds is 5. The maximum atomic E-state index is 13.1. The fourth-order valence-corrected chi connectivity index (χ4v) is 5.22. The topological polar surface area (TPSA) is 61.0 Å². The van der Waals surface area contributed by atoms with Gasteiger partial charge in [-0.25, -0.2) is 4.98 Å². The summed E-state index contributed by atoms with van der Waals surface area (Å²) >= 11 is 0. The molecule has 0 spiro atoms. The first-order valence-corrected chi connectivity index (χ1v) is 12.4. The van der Waals surface area contributed by atoms with Gasteiger partial charge in [-0.3, -0.25) is 4.79 Å². The highest BCUT2D eigenvalue weighted by Gasteiger charge is 2.22. The number of fused-ring (bicyclic) bond motifs is 1. The second-order valence-corrected chi connectivity index (χ2v) is 9.40. The highest BCUT2D eigenvalue weighted by atomic mass is 16.1. The molecule has 0 radical (unpaired) electrons. The Morgan fingerprint density at radius 2 is 1.75 bits per heavy atom. The summed E-state index contributed by atoms with van der Waals surface area (Å²) in [6, 6.07) is 12.2. The lowest BCUT2D eigenvalue weighted by Gasteiger charge is -2.30. The summed E-state index contributed by atoms with van der Waals surface area (Å²) in [7, 11) is 0. The molecule has 3 aromatic rings. The van der Waals surface area contributed by atoms with Crippen LogP contribution in [-0.4, -0.2) is 29.0 Å². The molecule has 1 saturated carbocycles. The Kier molecular flexibility index (Phi) is 6.15. The third kappa shape index (κ3) is 4.38. The first-order valence-electron chi connectivity index (χ1n) is 12.4. The third-order valence-corrected chi connectivity index (χ3v) is 7.18. The van der Waals surface area contributed by atoms with Crippen molar-refractivity contribution in [3.63, 3.8) is 0 Å². The highest BCUT2D eigenvalue weighted by molar-refractivity contribution is 6.07. The first-order chi connectivity index (χ1) is 15.7. The molecule has 2 N–H and O–H groups in total. The predicted octanol–water partition coefficient (Wildman–Crippen LogP) is 6.42. The van der Waals surface area contributed by atoms with E-state index < -0.39 is 0 Å². The van der Waals surface area contributed by atoms with Gasteiger partial charge in [-0.1, -0.05) is 38.3 Å². The fourth-order valence-electron chi connectivity index (χ4n) is 5.22. The largest absolute Gasteiger partial charge is 0.370 e. The number of imidazole rings is 1. The van der Waals surface area contributed by atoms with Crippen molar-refractivity contribution >= 4 is 28.3 Å². The fraction of sp³-hybridized carbons (Fsp3) is 0.481. The Hall–Kier alpha value is -2.82. The number of aryl methyl sites for hydroxylation is 1. The van der Waals surface area contributed by atoms with Gasteiger partial charge in [0.25, 0.3) is 5.91 Å². The average Bonchev–Trinajstić information content (AvgIpc) is 3.28. The van der Waals surface area contributed by atoms with Crippen LogP contribution in [0.5, 0.6) is 0 Å². The number of carbonyl (C=O) groups excluding carboxylic acids is 1. The summed E-state index contributed by atoms with van der Waals surface area (Å²) in [5.74, 6) is 1.59. The van der Waals surface area contributed by atoms with E-state index in [-0.39, 0.29) is 5.91 Å². The van der Waals surface area contributed by atoms with Gasteiger partial charge in [0.05, 0.1) is 22.4 Å². The number of aromatic nitrogens is 2. The minimum absolute atomic E-state index is 0.0581. The molecule has 1 saturated heterocycles. The summed E-state index contributed by atoms with van der Waals surface area (Å²) in [6.07, 6.45) is 11.0. The van der Waals surface area contributed by atoms with Crippen molar-refractivity contribution in [2.24, 2.45) is 0 Å². The Labute approximate surface area is 190 Å². The van der Waals surface area contributed by atoms with Gasteiger partial charge in [0.1, 0.15) is 5.82 Å². The van der Waals surface area contributed by atoms with Gasteiger partial charge in [0.15, 0.2) is 0 Å². The van der Waals surface area contributed by atoms with Crippen LogP contribution < -0.4 is 10.2 Å². The van der Waals surface area contributed by atoms with Gasteiger partial charge < -0.3 is 15.2 Å². The number of H-pyrrole nitrogens is 1. The molecule has 1 amide bonds. The summed E-state index contributed by atoms with van der Waals surface area (Å²) in [5.41, 5.74) is 5.93. The Morgan fingerprint density at radius 3 is 2.47 bits per heavy atom. The average molecular weight is 431 g/mol. The number of hydrogen-bond donors (Lipinski definition) is 2. The number of aromatic amines is 1. The molecule has 0 unspecified atom stereocenters. The van der Waals surface area contributed by atoms with Crippen molar-refractivity contribution in [1.82, 2.24) is 9.97 Å². The van der Waals surface area contributed by atoms with Crippen molar-refractivity contribution in [2.75, 3.05) is 23.3 Å². The van der Waals surface area contributed by atoms with Crippen LogP contribution in [0.1, 0.15) is 86.0 Å². The zero-order valence-corrected chi connectivity index (χ0v) is 19.1. The van der Waals surface area contributed by atoms with E-state index in [0.717, 1.165) is 47.7 Å². The Balaban J connectivity index is 1.48. The highest BCUT2D eigenvalue weighted by Crippen LogP contribution is 2.36. The van der Waals surface area contributed by atoms with Gasteiger partial charge in [-0.05, 0) is 68.4 Å². The molecule has 2 aliphatic rings. The second kappa shape index (κ2) is 9.35. The van der Waals surface area contributed by atoms with Crippen LogP contribution in [0.2, 0.25) is 0 Å². The molecule has 0 bridgehead atoms. The second-order valence-electron chi connectivity index (χ2n) is 9.40. The molecule has 1 aromatic heterocycles. The summed E-state index contributed by atoms with van der Waals surface area (Å²) < 4.78 is 0. The van der Waals surface area contributed by atoms with Crippen molar-refractivity contribution in [2.45, 2.75) is 70.6 Å². The zero-order chi connectivity index (χ0) is 21.9. The number of nitrogens with one attached hydrogen (secondary N) is 2. The number of nitrogens with zero attached hydrogens (tertiary/aromatic N) is 2. The van der Waals surface area contributed by atoms with E-state index in [0.29, 0.717) is 11.5 Å². The normalized spacial score (nSPS) is 17.6. The number of amides is 1. The van der Waals surface area contributed by atoms with Crippen molar-refractivity contribution in [1.29, 1.82) is 0 Å². The molecule has 5 nitrogen and oxygen atoms in total. The van der Waals surface area contributed by atoms with E-state index in [1.54, 1.807) is 0 Å². The van der Waals surface area contributed by atoms with E-state index in [2.05, 4.69) is 34.3 Å². The van der Waals surface area contributed by atoms with Gasteiger partial charge in [0, 0.05) is 24.6 Å². The zero-order valence-electron chi connectivity index (χ0n) is 19.1. The van der Waals surface area contributed by atoms with E-state index >= 15 is 0 Å². The minimum atomic E-state index is -0.0581. The van der Waals surface area contributed by atoms with Crippen LogP contribution in [-0.2, 0) is 6.42 Å². The van der Waals surface area contributed by atoms with Crippen LogP contribution in [0.3, 0.4) is 0 Å². The van der Waals surface area contributed by atoms with Crippen molar-refractivity contribution in [3.05, 3.63) is 53.3 Å². The lowest BCUT2D eigenvalue weighted by atomic mass is 9.89. The van der Waals surface area contributed by atoms with Crippen LogP contribution >= 0.6 is 0 Å². The van der Waals surface area contributed by atoms with E-state index in [4.69, 9.17) is 4.98 Å². The number of carbonyl (C=O) groups is 1. The van der Waals surface area contributed by atoms with Gasteiger partial charge in [-0.2, -0.15) is 0 Å². The Morgan fingerprint density at radius 1 is 1.03 bits per heavy atom. The molecular formula is C27H34N4O. The van der Waals surface area contributed by atoms with E-state index in [1.165, 1.54) is 56.9 Å². The van der Waals surface area contributed by atoms with E-state index in [9.17, 15) is 4.79 Å². The minimum Gasteiger partial charge on any atom is -0.370 e. The number of benzene rings is 2. The number of hydrogen-bond acceptors (Lipinski definition) is 3. The molecule has 1 aliphatic heterocycles. The Bertz CT molecular complexity index is 1070. The standard InChI is InChI=1S/C27H34N4O/c1-2-19-11-13-21(14-12-19)27(32)30-24-17-22-23(18-25(24)31-15-7-4-8-16-31)29-26(28-22)20-9-5-3-6-10-20/h11-14,17-18,20H,2-10,15-16H2,1H3,(H,28,29)(H,30,32). The van der Waals surface area contributed by atoms with Gasteiger partial charge >= 0.3 is 0 Å². The molecule has 5 heteroatoms. The molecule has 32 heavy (non-hydrogen) atoms. The molecule has 2 aromatic carbocycles. The van der Waals surface area contributed by atoms with Gasteiger partial charge in [0.2, 0.25) is 0 Å². The van der Waals surface area contributed by atoms with Crippen LogP contribution in [0.25, 0.3) is 11.0 Å². The van der Waals surface area contributed by atoms with Crippen LogP contribution in [0.4, 0.5) is 11.4 Å². The SMILES string of the molecule is CCc1ccc(C(=O)Nc2cc3[nH]c(C4CCCCC4)nc3cc2N2CCCCC2)cc1. The molecule has 0 atom stereocenters. The van der Waals surface area contributed by atoms with Crippen LogP contribution in [0, 0.1) is 0 Å². The third-order valence-electron chi connectivity index (χ3n) is 7.18. The first kappa shape index (κ1) is 21.0. The molecule has 1 aliphatic carbocycles. The number of piperidine rings is 1. The molecule has 2 fully saturated rings. The lowest BCUT2D eigenvalue weighted by molar-refractivity contribution is 0.102. The summed E-state index contributed by atoms with van der Waals surface area (Å²) in [5, 5.41) is 3.21. The van der Waals surface area contributed by atoms with E-state index in [1.807, 2.05) is 24.3 Å². The number of anilines is 2. The maximum absolute atomic E-state index is 13.1. The summed E-state index contributed by atoms with van der Waals surface area (Å²) in [4.78, 5) is 24.1. The molecular weight excluding hydrogens is 396 g/mol. The van der Waals surface area contributed by atoms with Crippen LogP contribution in [0.15, 0.2) is 36.4 Å². The maximum Gasteiger partial charge on any atom is 0.255 e. The smallest absolute Gasteiger partial charge is 0.255 e. The quantitative estimate of drug-likeness (QED) is 0.491. The monoisotopic (exact) mass is 430 g/mol. The lowest BCUT2D eigenvalue weighted by Crippen LogP contribution is -2.30. The van der Waals surface area contributed by atoms with Gasteiger partial charge in [-0.15, -0.1) is 0 Å².